The molecule has 0 heterocycles. The molecule has 0 aliphatic rings. The van der Waals surface area contributed by atoms with Crippen LogP contribution in [0.2, 0.25) is 0 Å². The van der Waals surface area contributed by atoms with Gasteiger partial charge in [-0.15, -0.1) is 0 Å². The zero-order chi connectivity index (χ0) is 16.8. The SMILES string of the molecule is C/C=C(/C)C(CCCCc1cccc(C(F)(F)F)c1)=C(C)C. The molecule has 0 aliphatic heterocycles. The zero-order valence-corrected chi connectivity index (χ0v) is 13.8. The number of alkyl halides is 3. The van der Waals surface area contributed by atoms with Gasteiger partial charge in [-0.2, -0.15) is 13.2 Å². The highest BCUT2D eigenvalue weighted by atomic mass is 19.4. The maximum absolute atomic E-state index is 12.7. The van der Waals surface area contributed by atoms with E-state index in [0.29, 0.717) is 6.42 Å². The topological polar surface area (TPSA) is 0 Å². The number of hydrogen-bond acceptors (Lipinski definition) is 0. The van der Waals surface area contributed by atoms with Crippen LogP contribution in [0.4, 0.5) is 13.2 Å². The molecule has 22 heavy (non-hydrogen) atoms. The summed E-state index contributed by atoms with van der Waals surface area (Å²) in [6.45, 7) is 8.35. The molecule has 0 fully saturated rings. The van der Waals surface area contributed by atoms with Crippen LogP contribution >= 0.6 is 0 Å². The molecule has 122 valence electrons. The standard InChI is InChI=1S/C19H25F3/c1-5-15(4)18(14(2)3)12-7-6-9-16-10-8-11-17(13-16)19(20,21)22/h5,8,10-11,13H,6-7,9,12H2,1-4H3/b15-5-. The van der Waals surface area contributed by atoms with Gasteiger partial charge in [0.2, 0.25) is 0 Å². The summed E-state index contributed by atoms with van der Waals surface area (Å²) in [5.74, 6) is 0. The van der Waals surface area contributed by atoms with Crippen molar-refractivity contribution in [3.8, 4) is 0 Å². The van der Waals surface area contributed by atoms with E-state index in [2.05, 4.69) is 26.8 Å². The highest BCUT2D eigenvalue weighted by Crippen LogP contribution is 2.30. The Morgan fingerprint density at radius 2 is 1.77 bits per heavy atom. The number of allylic oxidation sites excluding steroid dienone is 4. The van der Waals surface area contributed by atoms with Crippen LogP contribution in [0.5, 0.6) is 0 Å². The van der Waals surface area contributed by atoms with E-state index in [-0.39, 0.29) is 0 Å². The van der Waals surface area contributed by atoms with E-state index in [9.17, 15) is 13.2 Å². The Morgan fingerprint density at radius 3 is 2.32 bits per heavy atom. The van der Waals surface area contributed by atoms with Gasteiger partial charge in [0.25, 0.3) is 0 Å². The average molecular weight is 310 g/mol. The number of halogens is 3. The van der Waals surface area contributed by atoms with Crippen LogP contribution in [0.15, 0.2) is 47.1 Å². The highest BCUT2D eigenvalue weighted by molar-refractivity contribution is 5.32. The van der Waals surface area contributed by atoms with Gasteiger partial charge in [0, 0.05) is 0 Å². The molecule has 0 unspecified atom stereocenters. The van der Waals surface area contributed by atoms with Crippen molar-refractivity contribution in [2.75, 3.05) is 0 Å². The van der Waals surface area contributed by atoms with Crippen LogP contribution in [-0.4, -0.2) is 0 Å². The van der Waals surface area contributed by atoms with E-state index >= 15 is 0 Å². The lowest BCUT2D eigenvalue weighted by Crippen LogP contribution is -2.05. The Bertz CT molecular complexity index is 544. The van der Waals surface area contributed by atoms with Gasteiger partial charge in [-0.05, 0) is 70.6 Å². The van der Waals surface area contributed by atoms with Gasteiger partial charge in [-0.3, -0.25) is 0 Å². The van der Waals surface area contributed by atoms with E-state index in [1.165, 1.54) is 28.9 Å². The summed E-state index contributed by atoms with van der Waals surface area (Å²) >= 11 is 0. The van der Waals surface area contributed by atoms with Crippen molar-refractivity contribution < 1.29 is 13.2 Å². The molecule has 1 rings (SSSR count). The van der Waals surface area contributed by atoms with Crippen LogP contribution in [0, 0.1) is 0 Å². The first-order chi connectivity index (χ1) is 10.3. The number of unbranched alkanes of at least 4 members (excludes halogenated alkanes) is 1. The average Bonchev–Trinajstić information content (AvgIpc) is 2.45. The lowest BCUT2D eigenvalue weighted by atomic mass is 9.95. The van der Waals surface area contributed by atoms with Crippen molar-refractivity contribution in [2.24, 2.45) is 0 Å². The molecule has 0 saturated carbocycles. The first-order valence-electron chi connectivity index (χ1n) is 7.71. The quantitative estimate of drug-likeness (QED) is 0.404. The van der Waals surface area contributed by atoms with Crippen LogP contribution in [0.3, 0.4) is 0 Å². The molecule has 0 spiro atoms. The van der Waals surface area contributed by atoms with Crippen molar-refractivity contribution in [2.45, 2.75) is 59.6 Å². The maximum atomic E-state index is 12.7. The molecular formula is C19H25F3. The van der Waals surface area contributed by atoms with E-state index in [1.807, 2.05) is 6.92 Å². The van der Waals surface area contributed by atoms with Crippen LogP contribution < -0.4 is 0 Å². The molecule has 0 aromatic heterocycles. The van der Waals surface area contributed by atoms with Crippen LogP contribution in [0.25, 0.3) is 0 Å². The van der Waals surface area contributed by atoms with Gasteiger partial charge < -0.3 is 0 Å². The molecule has 1 aromatic rings. The number of hydrogen-bond donors (Lipinski definition) is 0. The fourth-order valence-corrected chi connectivity index (χ4v) is 2.55. The highest BCUT2D eigenvalue weighted by Gasteiger charge is 2.30. The van der Waals surface area contributed by atoms with Crippen LogP contribution in [0.1, 0.15) is 58.1 Å². The summed E-state index contributed by atoms with van der Waals surface area (Å²) in [7, 11) is 0. The van der Waals surface area contributed by atoms with E-state index in [4.69, 9.17) is 0 Å². The molecule has 0 saturated heterocycles. The molecular weight excluding hydrogens is 285 g/mol. The van der Waals surface area contributed by atoms with Crippen molar-refractivity contribution in [3.05, 3.63) is 58.2 Å². The second-order valence-electron chi connectivity index (χ2n) is 5.86. The third kappa shape index (κ3) is 5.70. The maximum Gasteiger partial charge on any atom is 0.416 e. The van der Waals surface area contributed by atoms with Gasteiger partial charge >= 0.3 is 6.18 Å². The molecule has 0 atom stereocenters. The molecule has 0 N–H and O–H groups in total. The molecule has 0 aliphatic carbocycles. The fourth-order valence-electron chi connectivity index (χ4n) is 2.55. The summed E-state index contributed by atoms with van der Waals surface area (Å²) in [6, 6.07) is 5.65. The van der Waals surface area contributed by atoms with E-state index in [1.54, 1.807) is 6.07 Å². The minimum absolute atomic E-state index is 0.556. The minimum atomic E-state index is -4.26. The second kappa shape index (κ2) is 8.21. The fraction of sp³-hybridized carbons (Fsp3) is 0.474. The van der Waals surface area contributed by atoms with Gasteiger partial charge in [0.15, 0.2) is 0 Å². The van der Waals surface area contributed by atoms with Gasteiger partial charge in [0.05, 0.1) is 5.56 Å². The first-order valence-corrected chi connectivity index (χ1v) is 7.71. The normalized spacial score (nSPS) is 12.4. The van der Waals surface area contributed by atoms with Crippen molar-refractivity contribution in [1.29, 1.82) is 0 Å². The lowest BCUT2D eigenvalue weighted by molar-refractivity contribution is -0.137. The third-order valence-electron chi connectivity index (χ3n) is 3.91. The van der Waals surface area contributed by atoms with E-state index < -0.39 is 11.7 Å². The van der Waals surface area contributed by atoms with Gasteiger partial charge in [0.1, 0.15) is 0 Å². The minimum Gasteiger partial charge on any atom is -0.166 e. The molecule has 0 bridgehead atoms. The molecule has 0 radical (unpaired) electrons. The lowest BCUT2D eigenvalue weighted by Gasteiger charge is -2.11. The van der Waals surface area contributed by atoms with Crippen molar-refractivity contribution >= 4 is 0 Å². The van der Waals surface area contributed by atoms with Crippen molar-refractivity contribution in [3.63, 3.8) is 0 Å². The number of rotatable bonds is 6. The Balaban J connectivity index is 2.57. The summed E-state index contributed by atoms with van der Waals surface area (Å²) in [5.41, 5.74) is 4.18. The molecule has 3 heteroatoms. The first kappa shape index (κ1) is 18.5. The molecule has 0 amide bonds. The smallest absolute Gasteiger partial charge is 0.166 e. The summed E-state index contributed by atoms with van der Waals surface area (Å²) in [6.07, 6.45) is 1.41. The van der Waals surface area contributed by atoms with E-state index in [0.717, 1.165) is 30.9 Å². The third-order valence-corrected chi connectivity index (χ3v) is 3.91. The predicted octanol–water partition coefficient (Wildman–Crippen LogP) is 6.72. The summed E-state index contributed by atoms with van der Waals surface area (Å²) in [5, 5.41) is 0. The van der Waals surface area contributed by atoms with Crippen molar-refractivity contribution in [1.82, 2.24) is 0 Å². The molecule has 0 nitrogen and oxygen atoms in total. The van der Waals surface area contributed by atoms with Crippen LogP contribution in [-0.2, 0) is 12.6 Å². The Kier molecular flexibility index (Phi) is 6.92. The van der Waals surface area contributed by atoms with Gasteiger partial charge in [-0.25, -0.2) is 0 Å². The summed E-state index contributed by atoms with van der Waals surface area (Å²) < 4.78 is 38.0. The monoisotopic (exact) mass is 310 g/mol. The Labute approximate surface area is 131 Å². The Morgan fingerprint density at radius 1 is 1.09 bits per heavy atom. The largest absolute Gasteiger partial charge is 0.416 e. The predicted molar refractivity (Wildman–Crippen MR) is 86.8 cm³/mol. The molecule has 1 aromatic carbocycles. The Hall–Kier alpha value is -1.51. The number of benzene rings is 1. The summed E-state index contributed by atoms with van der Waals surface area (Å²) in [4.78, 5) is 0. The van der Waals surface area contributed by atoms with Gasteiger partial charge in [-0.1, -0.05) is 35.4 Å². The zero-order valence-electron chi connectivity index (χ0n) is 13.8. The number of aryl methyl sites for hydroxylation is 1. The second-order valence-corrected chi connectivity index (χ2v) is 5.86.